The van der Waals surface area contributed by atoms with Crippen LogP contribution in [0, 0.1) is 0 Å². The lowest BCUT2D eigenvalue weighted by molar-refractivity contribution is -0.0195. The summed E-state index contributed by atoms with van der Waals surface area (Å²) in [5, 5.41) is 4.22. The number of nitrogens with one attached hydrogen (secondary N) is 2. The standard InChI is InChI=1S/C29H30N4O2S/c1-33-16-14-29(15-17-33)18-25(22-10-4-7-13-26(22)35-29)30-27(34)21-9-3-2-8-20(21)19-36-28-31-23-11-5-6-12-24(23)32-28/h2-13,25H,14-19H2,1H3,(H,30,34)(H,31,32). The number of carbonyl (C=O) groups excluding carboxylic acids is 1. The Labute approximate surface area is 215 Å². The molecule has 7 heteroatoms. The van der Waals surface area contributed by atoms with Gasteiger partial charge in [-0.3, -0.25) is 4.79 Å². The lowest BCUT2D eigenvalue weighted by atomic mass is 9.80. The quantitative estimate of drug-likeness (QED) is 0.352. The van der Waals surface area contributed by atoms with Crippen molar-refractivity contribution in [3.63, 3.8) is 0 Å². The average molecular weight is 499 g/mol. The van der Waals surface area contributed by atoms with Crippen molar-refractivity contribution in [2.75, 3.05) is 20.1 Å². The van der Waals surface area contributed by atoms with Crippen molar-refractivity contribution in [3.8, 4) is 5.75 Å². The van der Waals surface area contributed by atoms with Crippen LogP contribution in [-0.2, 0) is 5.75 Å². The number of piperidine rings is 1. The topological polar surface area (TPSA) is 70.2 Å². The zero-order valence-corrected chi connectivity index (χ0v) is 21.2. The predicted octanol–water partition coefficient (Wildman–Crippen LogP) is 5.57. The fourth-order valence-corrected chi connectivity index (χ4v) is 6.22. The molecule has 0 radical (unpaired) electrons. The highest BCUT2D eigenvalue weighted by Crippen LogP contribution is 2.44. The van der Waals surface area contributed by atoms with E-state index in [1.807, 2.05) is 66.7 Å². The zero-order valence-electron chi connectivity index (χ0n) is 20.4. The molecule has 2 N–H and O–H groups in total. The van der Waals surface area contributed by atoms with Gasteiger partial charge in [0.15, 0.2) is 5.16 Å². The summed E-state index contributed by atoms with van der Waals surface area (Å²) in [7, 11) is 2.16. The number of fused-ring (bicyclic) bond motifs is 2. The molecule has 0 aliphatic carbocycles. The van der Waals surface area contributed by atoms with Gasteiger partial charge < -0.3 is 19.9 Å². The molecule has 36 heavy (non-hydrogen) atoms. The van der Waals surface area contributed by atoms with Crippen LogP contribution in [0.1, 0.15) is 46.8 Å². The van der Waals surface area contributed by atoms with Crippen LogP contribution in [0.15, 0.2) is 78.0 Å². The van der Waals surface area contributed by atoms with E-state index >= 15 is 0 Å². The fraction of sp³-hybridized carbons (Fsp3) is 0.310. The minimum absolute atomic E-state index is 0.0411. The Morgan fingerprint density at radius 1 is 1.08 bits per heavy atom. The number of rotatable bonds is 5. The summed E-state index contributed by atoms with van der Waals surface area (Å²) in [4.78, 5) is 24.0. The zero-order chi connectivity index (χ0) is 24.5. The van der Waals surface area contributed by atoms with Gasteiger partial charge in [-0.05, 0) is 49.7 Å². The Morgan fingerprint density at radius 2 is 1.83 bits per heavy atom. The second-order valence-electron chi connectivity index (χ2n) is 9.86. The van der Waals surface area contributed by atoms with Crippen LogP contribution in [0.25, 0.3) is 11.0 Å². The van der Waals surface area contributed by atoms with Crippen LogP contribution >= 0.6 is 11.8 Å². The number of thioether (sulfide) groups is 1. The summed E-state index contributed by atoms with van der Waals surface area (Å²) in [6, 6.07) is 23.9. The van der Waals surface area contributed by atoms with Gasteiger partial charge >= 0.3 is 0 Å². The van der Waals surface area contributed by atoms with Crippen molar-refractivity contribution in [1.82, 2.24) is 20.2 Å². The normalized spacial score (nSPS) is 19.1. The number of aromatic amines is 1. The number of hydrogen-bond donors (Lipinski definition) is 2. The molecule has 6 nitrogen and oxygen atoms in total. The van der Waals surface area contributed by atoms with Crippen LogP contribution in [0.2, 0.25) is 0 Å². The Morgan fingerprint density at radius 3 is 2.69 bits per heavy atom. The third-order valence-corrected chi connectivity index (χ3v) is 8.32. The van der Waals surface area contributed by atoms with Gasteiger partial charge in [0.2, 0.25) is 0 Å². The molecule has 1 fully saturated rings. The number of hydrogen-bond acceptors (Lipinski definition) is 5. The van der Waals surface area contributed by atoms with Crippen molar-refractivity contribution in [3.05, 3.63) is 89.5 Å². The smallest absolute Gasteiger partial charge is 0.252 e. The van der Waals surface area contributed by atoms with Gasteiger partial charge in [0.25, 0.3) is 5.91 Å². The second-order valence-corrected chi connectivity index (χ2v) is 10.8. The summed E-state index contributed by atoms with van der Waals surface area (Å²) in [5.74, 6) is 1.51. The molecule has 0 bridgehead atoms. The molecular weight excluding hydrogens is 468 g/mol. The van der Waals surface area contributed by atoms with Crippen molar-refractivity contribution in [1.29, 1.82) is 0 Å². The minimum Gasteiger partial charge on any atom is -0.487 e. The molecule has 3 aromatic carbocycles. The summed E-state index contributed by atoms with van der Waals surface area (Å²) < 4.78 is 6.57. The molecule has 3 heterocycles. The predicted molar refractivity (Wildman–Crippen MR) is 143 cm³/mol. The maximum absolute atomic E-state index is 13.6. The van der Waals surface area contributed by atoms with E-state index < -0.39 is 0 Å². The van der Waals surface area contributed by atoms with Crippen LogP contribution in [0.3, 0.4) is 0 Å². The van der Waals surface area contributed by atoms with E-state index in [2.05, 4.69) is 33.3 Å². The first-order valence-corrected chi connectivity index (χ1v) is 13.5. The summed E-state index contributed by atoms with van der Waals surface area (Å²) in [6.45, 7) is 2.01. The van der Waals surface area contributed by atoms with Crippen LogP contribution in [0.4, 0.5) is 0 Å². The first-order valence-electron chi connectivity index (χ1n) is 12.5. The molecule has 0 saturated carbocycles. The Balaban J connectivity index is 1.21. The summed E-state index contributed by atoms with van der Waals surface area (Å²) >= 11 is 1.61. The third-order valence-electron chi connectivity index (χ3n) is 7.39. The number of benzene rings is 3. The highest BCUT2D eigenvalue weighted by Gasteiger charge is 2.43. The Hall–Kier alpha value is -3.29. The van der Waals surface area contributed by atoms with Crippen LogP contribution in [-0.4, -0.2) is 46.5 Å². The van der Waals surface area contributed by atoms with E-state index in [1.54, 1.807) is 11.8 Å². The Kier molecular flexibility index (Phi) is 6.19. The van der Waals surface area contributed by atoms with E-state index in [-0.39, 0.29) is 17.6 Å². The van der Waals surface area contributed by atoms with E-state index in [9.17, 15) is 4.79 Å². The van der Waals surface area contributed by atoms with E-state index in [0.717, 1.165) is 65.4 Å². The fourth-order valence-electron chi connectivity index (χ4n) is 5.33. The van der Waals surface area contributed by atoms with E-state index in [4.69, 9.17) is 4.74 Å². The molecule has 1 aromatic heterocycles. The van der Waals surface area contributed by atoms with Gasteiger partial charge in [0.1, 0.15) is 11.4 Å². The maximum atomic E-state index is 13.6. The van der Waals surface area contributed by atoms with Gasteiger partial charge in [-0.25, -0.2) is 4.98 Å². The van der Waals surface area contributed by atoms with Crippen molar-refractivity contribution in [2.24, 2.45) is 0 Å². The van der Waals surface area contributed by atoms with Crippen molar-refractivity contribution >= 4 is 28.7 Å². The summed E-state index contributed by atoms with van der Waals surface area (Å²) in [6.07, 6.45) is 2.73. The molecule has 1 saturated heterocycles. The van der Waals surface area contributed by atoms with Gasteiger partial charge in [0, 0.05) is 36.4 Å². The second kappa shape index (κ2) is 9.64. The third kappa shape index (κ3) is 4.61. The van der Waals surface area contributed by atoms with Gasteiger partial charge in [-0.15, -0.1) is 0 Å². The van der Waals surface area contributed by atoms with Crippen molar-refractivity contribution < 1.29 is 9.53 Å². The number of ether oxygens (including phenoxy) is 1. The first kappa shape index (κ1) is 23.1. The van der Waals surface area contributed by atoms with Gasteiger partial charge in [-0.2, -0.15) is 0 Å². The lowest BCUT2D eigenvalue weighted by Gasteiger charge is -2.46. The maximum Gasteiger partial charge on any atom is 0.252 e. The minimum atomic E-state index is -0.227. The molecular formula is C29H30N4O2S. The molecule has 2 aliphatic heterocycles. The highest BCUT2D eigenvalue weighted by atomic mass is 32.2. The number of para-hydroxylation sites is 3. The summed E-state index contributed by atoms with van der Waals surface area (Å²) in [5.41, 5.74) is 4.51. The van der Waals surface area contributed by atoms with E-state index in [0.29, 0.717) is 11.3 Å². The molecule has 1 amide bonds. The van der Waals surface area contributed by atoms with Crippen molar-refractivity contribution in [2.45, 2.75) is 41.8 Å². The van der Waals surface area contributed by atoms with Crippen LogP contribution in [0.5, 0.6) is 5.75 Å². The number of likely N-dealkylation sites (tertiary alicyclic amines) is 1. The molecule has 184 valence electrons. The molecule has 1 spiro atoms. The SMILES string of the molecule is CN1CCC2(CC1)CC(NC(=O)c1ccccc1CSc1nc3ccccc3[nH]1)c1ccccc1O2. The van der Waals surface area contributed by atoms with Gasteiger partial charge in [0.05, 0.1) is 17.1 Å². The number of aromatic nitrogens is 2. The first-order chi connectivity index (χ1) is 17.6. The van der Waals surface area contributed by atoms with Crippen LogP contribution < -0.4 is 10.1 Å². The van der Waals surface area contributed by atoms with E-state index in [1.165, 1.54) is 0 Å². The molecule has 1 unspecified atom stereocenters. The largest absolute Gasteiger partial charge is 0.487 e. The molecule has 4 aromatic rings. The Bertz CT molecular complexity index is 1360. The highest BCUT2D eigenvalue weighted by molar-refractivity contribution is 7.98. The molecule has 2 aliphatic rings. The number of imidazole rings is 1. The number of amides is 1. The number of nitrogens with zero attached hydrogens (tertiary/aromatic N) is 2. The average Bonchev–Trinajstić information content (AvgIpc) is 3.33. The van der Waals surface area contributed by atoms with Gasteiger partial charge in [-0.1, -0.05) is 60.3 Å². The monoisotopic (exact) mass is 498 g/mol. The molecule has 1 atom stereocenters. The number of carbonyl (C=O) groups is 1. The number of H-pyrrole nitrogens is 1. The lowest BCUT2D eigenvalue weighted by Crippen LogP contribution is -2.51. The molecule has 6 rings (SSSR count).